The third-order valence-electron chi connectivity index (χ3n) is 9.25. The molecule has 15 heteroatoms. The molecule has 1 atom stereocenters. The number of ether oxygens (including phenoxy) is 1. The first kappa shape index (κ1) is 40.9. The fourth-order valence-electron chi connectivity index (χ4n) is 6.19. The largest absolute Gasteiger partial charge is 0.497 e. The molecule has 1 aliphatic heterocycles. The topological polar surface area (TPSA) is 190 Å². The Morgan fingerprint density at radius 3 is 2.31 bits per heavy atom. The third kappa shape index (κ3) is 10.2. The number of rotatable bonds is 18. The average Bonchev–Trinajstić information content (AvgIpc) is 3.59. The first-order chi connectivity index (χ1) is 25.8. The molecule has 0 saturated carbocycles. The number of H-pyrrole nitrogens is 1. The molecule has 0 saturated heterocycles. The van der Waals surface area contributed by atoms with Crippen molar-refractivity contribution in [1.82, 2.24) is 25.8 Å². The summed E-state index contributed by atoms with van der Waals surface area (Å²) >= 11 is 0. The number of benzene rings is 2. The summed E-state index contributed by atoms with van der Waals surface area (Å²) in [5.41, 5.74) is 2.78. The van der Waals surface area contributed by atoms with Crippen LogP contribution in [-0.2, 0) is 30.5 Å². The number of fused-ring (bicyclic) bond motifs is 1. The number of hydrogen-bond donors (Lipinski definition) is 5. The van der Waals surface area contributed by atoms with Gasteiger partial charge in [-0.25, -0.2) is 9.29 Å². The van der Waals surface area contributed by atoms with Gasteiger partial charge in [0.15, 0.2) is 0 Å². The Morgan fingerprint density at radius 1 is 0.981 bits per heavy atom. The Morgan fingerprint density at radius 2 is 1.67 bits per heavy atom. The minimum absolute atomic E-state index is 0.0421. The minimum Gasteiger partial charge on any atom is -0.497 e. The number of methoxy groups -OCH3 is 1. The van der Waals surface area contributed by atoms with E-state index in [9.17, 15) is 38.3 Å². The number of halogens is 1. The Kier molecular flexibility index (Phi) is 14.2. The second kappa shape index (κ2) is 18.8. The van der Waals surface area contributed by atoms with Crippen molar-refractivity contribution in [1.29, 1.82) is 0 Å². The number of likely N-dealkylation sites (N-methyl/N-ethyl adjacent to an activating group) is 1. The van der Waals surface area contributed by atoms with Gasteiger partial charge in [-0.3, -0.25) is 28.8 Å². The van der Waals surface area contributed by atoms with Crippen LogP contribution in [0.15, 0.2) is 42.5 Å². The zero-order chi connectivity index (χ0) is 39.5. The fraction of sp³-hybridized carbons (Fsp3) is 0.385. The van der Waals surface area contributed by atoms with Crippen molar-refractivity contribution in [2.24, 2.45) is 0 Å². The van der Waals surface area contributed by atoms with E-state index >= 15 is 0 Å². The van der Waals surface area contributed by atoms with Gasteiger partial charge in [0, 0.05) is 55.8 Å². The summed E-state index contributed by atoms with van der Waals surface area (Å²) in [6, 6.07) is 9.04. The van der Waals surface area contributed by atoms with E-state index in [0.29, 0.717) is 41.4 Å². The molecule has 0 aliphatic carbocycles. The number of carbonyl (C=O) groups excluding carboxylic acids is 5. The van der Waals surface area contributed by atoms with E-state index in [1.165, 1.54) is 12.1 Å². The highest BCUT2D eigenvalue weighted by atomic mass is 19.1. The van der Waals surface area contributed by atoms with Crippen LogP contribution in [0, 0.1) is 19.7 Å². The number of carboxylic acid groups (broad SMARTS) is 1. The molecule has 1 aromatic heterocycles. The number of aliphatic carboxylic acids is 1. The predicted molar refractivity (Wildman–Crippen MR) is 200 cm³/mol. The van der Waals surface area contributed by atoms with Crippen LogP contribution in [0.4, 0.5) is 10.1 Å². The lowest BCUT2D eigenvalue weighted by Crippen LogP contribution is -2.50. The van der Waals surface area contributed by atoms with E-state index < -0.39 is 47.9 Å². The van der Waals surface area contributed by atoms with Crippen LogP contribution >= 0.6 is 0 Å². The van der Waals surface area contributed by atoms with Crippen molar-refractivity contribution < 1.29 is 43.0 Å². The Labute approximate surface area is 313 Å². The van der Waals surface area contributed by atoms with Gasteiger partial charge in [0.05, 0.1) is 23.9 Å². The molecule has 2 heterocycles. The molecule has 0 unspecified atom stereocenters. The predicted octanol–water partition coefficient (Wildman–Crippen LogP) is 3.71. The number of nitrogens with one attached hydrogen (secondary N) is 4. The number of nitrogens with zero attached hydrogens (tertiary/aromatic N) is 2. The van der Waals surface area contributed by atoms with Crippen molar-refractivity contribution in [3.63, 3.8) is 0 Å². The number of hydrogen-bond acceptors (Lipinski definition) is 8. The van der Waals surface area contributed by atoms with Crippen LogP contribution in [0.1, 0.15) is 78.0 Å². The van der Waals surface area contributed by atoms with Gasteiger partial charge in [0.25, 0.3) is 17.7 Å². The molecule has 0 fully saturated rings. The number of carboxylic acids is 1. The SMILES string of the molecule is CCN(CC)CCNC(=O)c1c(C)[nH]c(/C=C2\C(=O)N(C(=O)[C@H](CCC(=O)O)NC(=O)CCC(=O)NCc3ccc(OC)cc3)c3ccc(F)cc32)c1C. The highest BCUT2D eigenvalue weighted by Crippen LogP contribution is 2.39. The van der Waals surface area contributed by atoms with Crippen LogP contribution in [0.3, 0.4) is 0 Å². The normalized spacial score (nSPS) is 13.5. The lowest BCUT2D eigenvalue weighted by Gasteiger charge is -2.23. The number of amides is 5. The van der Waals surface area contributed by atoms with Crippen LogP contribution < -0.4 is 25.6 Å². The van der Waals surface area contributed by atoms with Crippen molar-refractivity contribution in [2.45, 2.75) is 66.0 Å². The van der Waals surface area contributed by atoms with Gasteiger partial charge < -0.3 is 35.7 Å². The molecular formula is C39H47FN6O8. The van der Waals surface area contributed by atoms with Gasteiger partial charge in [-0.15, -0.1) is 0 Å². The van der Waals surface area contributed by atoms with E-state index in [-0.39, 0.29) is 48.5 Å². The quantitative estimate of drug-likeness (QED) is 0.121. The lowest BCUT2D eigenvalue weighted by molar-refractivity contribution is -0.137. The number of anilines is 1. The van der Waals surface area contributed by atoms with E-state index in [1.807, 2.05) is 13.8 Å². The molecule has 5 N–H and O–H groups in total. The molecule has 1 aliphatic rings. The monoisotopic (exact) mass is 746 g/mol. The molecule has 54 heavy (non-hydrogen) atoms. The zero-order valence-electron chi connectivity index (χ0n) is 31.1. The van der Waals surface area contributed by atoms with Crippen LogP contribution in [0.5, 0.6) is 5.75 Å². The van der Waals surface area contributed by atoms with Gasteiger partial charge in [0.2, 0.25) is 11.8 Å². The van der Waals surface area contributed by atoms with Gasteiger partial charge in [-0.1, -0.05) is 26.0 Å². The summed E-state index contributed by atoms with van der Waals surface area (Å²) in [6.07, 6.45) is 0.0387. The van der Waals surface area contributed by atoms with E-state index in [0.717, 1.165) is 35.7 Å². The molecule has 2 aromatic carbocycles. The maximum atomic E-state index is 14.6. The lowest BCUT2D eigenvalue weighted by atomic mass is 10.0. The first-order valence-corrected chi connectivity index (χ1v) is 17.8. The molecule has 0 spiro atoms. The summed E-state index contributed by atoms with van der Waals surface area (Å²) in [7, 11) is 1.54. The molecular weight excluding hydrogens is 699 g/mol. The molecule has 0 radical (unpaired) electrons. The zero-order valence-corrected chi connectivity index (χ0v) is 31.1. The molecule has 5 amide bonds. The van der Waals surface area contributed by atoms with Crippen molar-refractivity contribution in [3.8, 4) is 5.75 Å². The van der Waals surface area contributed by atoms with Gasteiger partial charge >= 0.3 is 5.97 Å². The number of aromatic nitrogens is 1. The number of aryl methyl sites for hydroxylation is 1. The van der Waals surface area contributed by atoms with E-state index in [2.05, 4.69) is 25.8 Å². The maximum absolute atomic E-state index is 14.6. The van der Waals surface area contributed by atoms with Gasteiger partial charge in [-0.05, 0) is 80.9 Å². The number of imide groups is 1. The molecule has 0 bridgehead atoms. The average molecular weight is 747 g/mol. The summed E-state index contributed by atoms with van der Waals surface area (Å²) < 4.78 is 19.7. The second-order valence-corrected chi connectivity index (χ2v) is 12.8. The Balaban J connectivity index is 1.51. The molecule has 3 aromatic rings. The first-order valence-electron chi connectivity index (χ1n) is 17.8. The van der Waals surface area contributed by atoms with Crippen LogP contribution in [-0.4, -0.2) is 89.8 Å². The summed E-state index contributed by atoms with van der Waals surface area (Å²) in [5.74, 6) is -4.44. The molecule has 4 rings (SSSR count). The maximum Gasteiger partial charge on any atom is 0.303 e. The van der Waals surface area contributed by atoms with Crippen molar-refractivity contribution in [2.75, 3.05) is 38.2 Å². The van der Waals surface area contributed by atoms with E-state index in [1.54, 1.807) is 45.2 Å². The van der Waals surface area contributed by atoms with Crippen LogP contribution in [0.2, 0.25) is 0 Å². The molecule has 288 valence electrons. The third-order valence-corrected chi connectivity index (χ3v) is 9.25. The highest BCUT2D eigenvalue weighted by molar-refractivity contribution is 6.42. The standard InChI is InChI=1S/C39H47FN6O8/c1-6-45(7-2)19-18-41-37(51)36-23(3)31(43-24(36)4)21-29-28-20-26(40)10-14-32(28)46(38(29)52)39(53)30(13-17-35(49)50)44-34(48)16-15-33(47)42-22-25-8-11-27(54-5)12-9-25/h8-12,14,20-21,30,43H,6-7,13,15-19,22H2,1-5H3,(H,41,51)(H,42,47)(H,44,48)(H,49,50)/b29-21-/t30-/m0/s1. The minimum atomic E-state index is -1.46. The van der Waals surface area contributed by atoms with E-state index in [4.69, 9.17) is 4.74 Å². The highest BCUT2D eigenvalue weighted by Gasteiger charge is 2.40. The smallest absolute Gasteiger partial charge is 0.303 e. The number of aromatic amines is 1. The van der Waals surface area contributed by atoms with Crippen molar-refractivity contribution >= 4 is 52.8 Å². The summed E-state index contributed by atoms with van der Waals surface area (Å²) in [5, 5.41) is 17.5. The summed E-state index contributed by atoms with van der Waals surface area (Å²) in [6.45, 7) is 10.5. The van der Waals surface area contributed by atoms with Crippen molar-refractivity contribution in [3.05, 3.63) is 81.9 Å². The Bertz CT molecular complexity index is 1920. The summed E-state index contributed by atoms with van der Waals surface area (Å²) in [4.78, 5) is 84.3. The Hall–Kier alpha value is -5.83. The van der Waals surface area contributed by atoms with Crippen LogP contribution in [0.25, 0.3) is 11.6 Å². The fourth-order valence-corrected chi connectivity index (χ4v) is 6.19. The number of carbonyl (C=O) groups is 6. The van der Waals surface area contributed by atoms with Gasteiger partial charge in [0.1, 0.15) is 17.6 Å². The molecule has 14 nitrogen and oxygen atoms in total. The second-order valence-electron chi connectivity index (χ2n) is 12.8. The van der Waals surface area contributed by atoms with Gasteiger partial charge in [-0.2, -0.15) is 0 Å².